The van der Waals surface area contributed by atoms with Crippen molar-refractivity contribution in [2.24, 2.45) is 0 Å². The normalized spacial score (nSPS) is 17.0. The summed E-state index contributed by atoms with van der Waals surface area (Å²) in [6, 6.07) is 9.47. The molecule has 0 saturated carbocycles. The Morgan fingerprint density at radius 2 is 2.21 bits per heavy atom. The molecule has 146 valence electrons. The molecule has 1 amide bonds. The van der Waals surface area contributed by atoms with E-state index in [-0.39, 0.29) is 23.9 Å². The lowest BCUT2D eigenvalue weighted by atomic mass is 10.0. The topological polar surface area (TPSA) is 76.5 Å². The molecule has 1 saturated heterocycles. The van der Waals surface area contributed by atoms with E-state index in [1.807, 2.05) is 34.5 Å². The summed E-state index contributed by atoms with van der Waals surface area (Å²) >= 11 is 1.44. The molecule has 7 nitrogen and oxygen atoms in total. The molecule has 0 radical (unpaired) electrons. The van der Waals surface area contributed by atoms with Crippen LogP contribution in [0.5, 0.6) is 5.75 Å². The molecule has 1 aliphatic rings. The minimum Gasteiger partial charge on any atom is -0.496 e. The number of aryl methyl sites for hydroxylation is 1. The van der Waals surface area contributed by atoms with E-state index in [0.29, 0.717) is 25.0 Å². The largest absolute Gasteiger partial charge is 0.496 e. The molecule has 28 heavy (non-hydrogen) atoms. The zero-order chi connectivity index (χ0) is 19.5. The molecule has 1 fully saturated rings. The number of hydrogen-bond acceptors (Lipinski definition) is 6. The van der Waals surface area contributed by atoms with Crippen LogP contribution in [0.25, 0.3) is 10.2 Å². The van der Waals surface area contributed by atoms with Crippen molar-refractivity contribution >= 4 is 27.5 Å². The first kappa shape index (κ1) is 18.6. The Kier molecular flexibility index (Phi) is 5.40. The van der Waals surface area contributed by atoms with Gasteiger partial charge in [-0.1, -0.05) is 18.2 Å². The molecule has 1 aliphatic heterocycles. The Balaban J connectivity index is 1.52. The number of carbonyl (C=O) groups is 1. The van der Waals surface area contributed by atoms with Gasteiger partial charge in [-0.05, 0) is 17.5 Å². The van der Waals surface area contributed by atoms with Gasteiger partial charge in [0.25, 0.3) is 5.56 Å². The van der Waals surface area contributed by atoms with Gasteiger partial charge in [-0.15, -0.1) is 11.3 Å². The number of carbonyl (C=O) groups excluding carboxylic acids is 1. The predicted octanol–water partition coefficient (Wildman–Crippen LogP) is 2.03. The fourth-order valence-corrected chi connectivity index (χ4v) is 4.36. The van der Waals surface area contributed by atoms with Crippen molar-refractivity contribution in [2.45, 2.75) is 19.0 Å². The Bertz CT molecular complexity index is 1050. The number of nitrogens with one attached hydrogen (secondary N) is 1. The van der Waals surface area contributed by atoms with E-state index >= 15 is 0 Å². The van der Waals surface area contributed by atoms with E-state index in [1.54, 1.807) is 13.2 Å². The number of piperazine rings is 1. The Labute approximate surface area is 166 Å². The number of hydrogen-bond donors (Lipinski definition) is 1. The highest BCUT2D eigenvalue weighted by atomic mass is 32.1. The van der Waals surface area contributed by atoms with Gasteiger partial charge in [0.1, 0.15) is 10.6 Å². The first-order valence-electron chi connectivity index (χ1n) is 9.25. The molecule has 0 spiro atoms. The number of para-hydroxylation sites is 1. The van der Waals surface area contributed by atoms with Crippen LogP contribution >= 0.6 is 11.3 Å². The van der Waals surface area contributed by atoms with Crippen molar-refractivity contribution in [1.29, 1.82) is 0 Å². The summed E-state index contributed by atoms with van der Waals surface area (Å²) < 4.78 is 7.01. The van der Waals surface area contributed by atoms with Gasteiger partial charge in [-0.3, -0.25) is 14.2 Å². The molecule has 1 atom stereocenters. The van der Waals surface area contributed by atoms with Gasteiger partial charge in [-0.25, -0.2) is 4.98 Å². The fourth-order valence-electron chi connectivity index (χ4n) is 3.63. The van der Waals surface area contributed by atoms with Gasteiger partial charge in [0.15, 0.2) is 0 Å². The number of methoxy groups -OCH3 is 1. The van der Waals surface area contributed by atoms with Crippen LogP contribution in [0.3, 0.4) is 0 Å². The Hall–Kier alpha value is -2.71. The molecule has 0 aliphatic carbocycles. The number of benzene rings is 1. The zero-order valence-electron chi connectivity index (χ0n) is 15.6. The predicted molar refractivity (Wildman–Crippen MR) is 109 cm³/mol. The van der Waals surface area contributed by atoms with Crippen LogP contribution in [-0.2, 0) is 11.3 Å². The molecule has 1 aromatic carbocycles. The number of thiophene rings is 1. The van der Waals surface area contributed by atoms with E-state index in [4.69, 9.17) is 4.74 Å². The van der Waals surface area contributed by atoms with Crippen molar-refractivity contribution in [3.63, 3.8) is 0 Å². The maximum absolute atomic E-state index is 13.0. The summed E-state index contributed by atoms with van der Waals surface area (Å²) in [5.74, 6) is 0.798. The van der Waals surface area contributed by atoms with Crippen LogP contribution in [0.1, 0.15) is 18.0 Å². The molecular weight excluding hydrogens is 376 g/mol. The Morgan fingerprint density at radius 3 is 3.07 bits per heavy atom. The first-order chi connectivity index (χ1) is 13.7. The number of fused-ring (bicyclic) bond motifs is 1. The quantitative estimate of drug-likeness (QED) is 0.712. The summed E-state index contributed by atoms with van der Waals surface area (Å²) in [6.07, 6.45) is 1.78. The molecule has 1 unspecified atom stereocenters. The minimum atomic E-state index is -0.0966. The average Bonchev–Trinajstić information content (AvgIpc) is 3.23. The van der Waals surface area contributed by atoms with Crippen LogP contribution in [0.15, 0.2) is 46.8 Å². The summed E-state index contributed by atoms with van der Waals surface area (Å²) in [4.78, 5) is 32.4. The zero-order valence-corrected chi connectivity index (χ0v) is 16.4. The lowest BCUT2D eigenvalue weighted by molar-refractivity contribution is -0.134. The first-order valence-corrected chi connectivity index (χ1v) is 10.1. The van der Waals surface area contributed by atoms with Gasteiger partial charge < -0.3 is 15.0 Å². The molecule has 2 aromatic heterocycles. The van der Waals surface area contributed by atoms with Crippen LogP contribution in [0.2, 0.25) is 0 Å². The minimum absolute atomic E-state index is 0.0229. The third-order valence-electron chi connectivity index (χ3n) is 5.08. The van der Waals surface area contributed by atoms with Crippen LogP contribution in [-0.4, -0.2) is 47.1 Å². The third-order valence-corrected chi connectivity index (χ3v) is 5.90. The SMILES string of the molecule is COc1ccccc1C1CNCCN1C(=O)CCn1cnc2sccc2c1=O. The highest BCUT2D eigenvalue weighted by molar-refractivity contribution is 7.16. The van der Waals surface area contributed by atoms with Gasteiger partial charge in [0.2, 0.25) is 5.91 Å². The summed E-state index contributed by atoms with van der Waals surface area (Å²) in [6.45, 7) is 2.37. The van der Waals surface area contributed by atoms with Crippen LogP contribution in [0.4, 0.5) is 0 Å². The summed E-state index contributed by atoms with van der Waals surface area (Å²) in [7, 11) is 1.64. The van der Waals surface area contributed by atoms with Crippen molar-refractivity contribution in [3.05, 3.63) is 58.0 Å². The van der Waals surface area contributed by atoms with E-state index < -0.39 is 0 Å². The van der Waals surface area contributed by atoms with Crippen LogP contribution in [0, 0.1) is 0 Å². The number of amides is 1. The number of rotatable bonds is 5. The van der Waals surface area contributed by atoms with Crippen molar-refractivity contribution in [2.75, 3.05) is 26.7 Å². The third kappa shape index (κ3) is 3.53. The molecule has 8 heteroatoms. The lowest BCUT2D eigenvalue weighted by Crippen LogP contribution is -2.49. The molecule has 0 bridgehead atoms. The fraction of sp³-hybridized carbons (Fsp3) is 0.350. The van der Waals surface area contributed by atoms with Gasteiger partial charge in [0, 0.05) is 38.2 Å². The van der Waals surface area contributed by atoms with Crippen molar-refractivity contribution < 1.29 is 9.53 Å². The van der Waals surface area contributed by atoms with E-state index in [0.717, 1.165) is 22.7 Å². The number of nitrogens with zero attached hydrogens (tertiary/aromatic N) is 3. The maximum Gasteiger partial charge on any atom is 0.262 e. The van der Waals surface area contributed by atoms with Gasteiger partial charge in [-0.2, -0.15) is 0 Å². The standard InChI is InChI=1S/C20H22N4O3S/c1-27-17-5-3-2-4-14(17)16-12-21-8-10-24(16)18(25)6-9-23-13-22-19-15(20(23)26)7-11-28-19/h2-5,7,11,13,16,21H,6,8-10,12H2,1H3. The molecule has 3 aromatic rings. The summed E-state index contributed by atoms with van der Waals surface area (Å²) in [5, 5.41) is 5.82. The average molecular weight is 398 g/mol. The second-order valence-corrected chi connectivity index (χ2v) is 7.58. The molecule has 3 heterocycles. The highest BCUT2D eigenvalue weighted by Gasteiger charge is 2.29. The monoisotopic (exact) mass is 398 g/mol. The smallest absolute Gasteiger partial charge is 0.262 e. The maximum atomic E-state index is 13.0. The van der Waals surface area contributed by atoms with E-state index in [1.165, 1.54) is 22.2 Å². The van der Waals surface area contributed by atoms with Crippen LogP contribution < -0.4 is 15.6 Å². The van der Waals surface area contributed by atoms with Gasteiger partial charge >= 0.3 is 0 Å². The van der Waals surface area contributed by atoms with E-state index in [2.05, 4.69) is 10.3 Å². The van der Waals surface area contributed by atoms with Gasteiger partial charge in [0.05, 0.1) is 24.9 Å². The molecular formula is C20H22N4O3S. The number of ether oxygens (including phenoxy) is 1. The second kappa shape index (κ2) is 8.12. The lowest BCUT2D eigenvalue weighted by Gasteiger charge is -2.37. The molecule has 1 N–H and O–H groups in total. The molecule has 4 rings (SSSR count). The van der Waals surface area contributed by atoms with Crippen molar-refractivity contribution in [3.8, 4) is 5.75 Å². The van der Waals surface area contributed by atoms with Crippen molar-refractivity contribution in [1.82, 2.24) is 19.8 Å². The number of aromatic nitrogens is 2. The highest BCUT2D eigenvalue weighted by Crippen LogP contribution is 2.30. The van der Waals surface area contributed by atoms with E-state index in [9.17, 15) is 9.59 Å². The summed E-state index contributed by atoms with van der Waals surface area (Å²) in [5.41, 5.74) is 0.893. The Morgan fingerprint density at radius 1 is 1.36 bits per heavy atom. The second-order valence-electron chi connectivity index (χ2n) is 6.68.